The molecule has 1 N–H and O–H groups in total. The van der Waals surface area contributed by atoms with Crippen molar-refractivity contribution >= 4 is 34.8 Å². The van der Waals surface area contributed by atoms with Gasteiger partial charge in [0.1, 0.15) is 30.7 Å². The first kappa shape index (κ1) is 32.9. The molecule has 0 bridgehead atoms. The molecule has 1 aliphatic heterocycles. The Hall–Kier alpha value is -5.45. The Morgan fingerprint density at radius 1 is 0.787 bits per heavy atom. The van der Waals surface area contributed by atoms with E-state index in [1.54, 1.807) is 24.0 Å². The lowest BCUT2D eigenvalue weighted by atomic mass is 10.1. The predicted molar refractivity (Wildman–Crippen MR) is 174 cm³/mol. The second-order valence-electron chi connectivity index (χ2n) is 11.0. The minimum absolute atomic E-state index is 0.0151. The molecule has 1 fully saturated rings. The van der Waals surface area contributed by atoms with Crippen LogP contribution in [0.25, 0.3) is 10.9 Å². The summed E-state index contributed by atoms with van der Waals surface area (Å²) in [6.07, 6.45) is -0.511. The van der Waals surface area contributed by atoms with E-state index in [9.17, 15) is 19.2 Å². The summed E-state index contributed by atoms with van der Waals surface area (Å²) in [5, 5.41) is 3.56. The Labute approximate surface area is 273 Å². The van der Waals surface area contributed by atoms with Gasteiger partial charge in [0.2, 0.25) is 5.91 Å². The molecule has 11 heteroatoms. The van der Waals surface area contributed by atoms with E-state index >= 15 is 0 Å². The van der Waals surface area contributed by atoms with Crippen molar-refractivity contribution in [2.75, 3.05) is 32.8 Å². The number of piperazine rings is 1. The van der Waals surface area contributed by atoms with E-state index in [2.05, 4.69) is 10.3 Å². The fourth-order valence-corrected chi connectivity index (χ4v) is 5.22. The quantitative estimate of drug-likeness (QED) is 0.221. The average Bonchev–Trinajstić information content (AvgIpc) is 3.12. The van der Waals surface area contributed by atoms with Crippen molar-refractivity contribution in [3.05, 3.63) is 108 Å². The molecule has 1 saturated heterocycles. The molecule has 0 saturated carbocycles. The van der Waals surface area contributed by atoms with Crippen molar-refractivity contribution in [2.24, 2.45) is 0 Å². The third-order valence-electron chi connectivity index (χ3n) is 7.75. The topological polar surface area (TPSA) is 127 Å². The van der Waals surface area contributed by atoms with Crippen LogP contribution in [0.4, 0.5) is 4.79 Å². The zero-order valence-electron chi connectivity index (χ0n) is 26.3. The van der Waals surface area contributed by atoms with E-state index in [0.29, 0.717) is 31.0 Å². The molecule has 3 amide bonds. The monoisotopic (exact) mass is 638 g/mol. The number of fused-ring (bicyclic) bond motifs is 1. The Morgan fingerprint density at radius 2 is 1.40 bits per heavy atom. The van der Waals surface area contributed by atoms with Gasteiger partial charge < -0.3 is 29.3 Å². The third kappa shape index (κ3) is 9.06. The number of hydrogen-bond acceptors (Lipinski definition) is 8. The molecule has 4 aromatic rings. The number of esters is 1. The van der Waals surface area contributed by atoms with Crippen molar-refractivity contribution in [3.8, 4) is 5.75 Å². The van der Waals surface area contributed by atoms with Gasteiger partial charge in [0.05, 0.1) is 12.1 Å². The van der Waals surface area contributed by atoms with E-state index in [1.165, 1.54) is 4.90 Å². The van der Waals surface area contributed by atoms with Gasteiger partial charge in [0.25, 0.3) is 5.91 Å². The number of para-hydroxylation sites is 1. The van der Waals surface area contributed by atoms with Crippen molar-refractivity contribution < 1.29 is 33.4 Å². The minimum atomic E-state index is -1.04. The molecule has 1 atom stereocenters. The van der Waals surface area contributed by atoms with Crippen LogP contribution >= 0.6 is 0 Å². The number of rotatable bonds is 12. The highest BCUT2D eigenvalue weighted by Gasteiger charge is 2.31. The summed E-state index contributed by atoms with van der Waals surface area (Å²) in [6.45, 7) is 3.49. The number of benzene rings is 3. The number of ether oxygens (including phenoxy) is 3. The fraction of sp³-hybridized carbons (Fsp3) is 0.306. The summed E-state index contributed by atoms with van der Waals surface area (Å²) in [4.78, 5) is 60.0. The van der Waals surface area contributed by atoms with Crippen LogP contribution in [0.5, 0.6) is 5.75 Å². The molecule has 1 aliphatic rings. The maximum Gasteiger partial charge on any atom is 0.409 e. The highest BCUT2D eigenvalue weighted by Crippen LogP contribution is 2.26. The molecule has 0 aliphatic carbocycles. The van der Waals surface area contributed by atoms with Gasteiger partial charge in [0, 0.05) is 44.1 Å². The standard InChI is InChI=1S/C36H38N4O7/c1-2-45-36(44)40-21-19-39(20-22-40)35(43)30(17-18-33(41)47-25-27-13-7-4-8-14-27)38-34(42)31-23-32(28-15-9-10-16-29(28)37-31)46-24-26-11-5-3-6-12-26/h3-16,23,30H,2,17-22,24-25H2,1H3,(H,38,42). The van der Waals surface area contributed by atoms with Crippen LogP contribution in [0.1, 0.15) is 41.4 Å². The van der Waals surface area contributed by atoms with Gasteiger partial charge in [-0.15, -0.1) is 0 Å². The van der Waals surface area contributed by atoms with Gasteiger partial charge in [-0.1, -0.05) is 72.8 Å². The largest absolute Gasteiger partial charge is 0.488 e. The lowest BCUT2D eigenvalue weighted by molar-refractivity contribution is -0.145. The second-order valence-corrected chi connectivity index (χ2v) is 11.0. The maximum atomic E-state index is 13.8. The number of hydrogen-bond donors (Lipinski definition) is 1. The van der Waals surface area contributed by atoms with Gasteiger partial charge in [-0.05, 0) is 36.6 Å². The average molecular weight is 639 g/mol. The van der Waals surface area contributed by atoms with Crippen LogP contribution in [-0.4, -0.2) is 77.5 Å². The first-order chi connectivity index (χ1) is 22.9. The van der Waals surface area contributed by atoms with Gasteiger partial charge in [-0.2, -0.15) is 0 Å². The van der Waals surface area contributed by atoms with E-state index in [1.807, 2.05) is 78.9 Å². The Bertz CT molecular complexity index is 1680. The number of carbonyl (C=O) groups is 4. The number of amides is 3. The van der Waals surface area contributed by atoms with Crippen LogP contribution in [-0.2, 0) is 32.3 Å². The SMILES string of the molecule is CCOC(=O)N1CCN(C(=O)C(CCC(=O)OCc2ccccc2)NC(=O)c2cc(OCc3ccccc3)c3ccccc3n2)CC1. The summed E-state index contributed by atoms with van der Waals surface area (Å²) in [7, 11) is 0. The molecule has 3 aromatic carbocycles. The molecule has 5 rings (SSSR count). The van der Waals surface area contributed by atoms with E-state index in [4.69, 9.17) is 14.2 Å². The second kappa shape index (κ2) is 16.2. The fourth-order valence-electron chi connectivity index (χ4n) is 5.22. The number of aromatic nitrogens is 1. The van der Waals surface area contributed by atoms with Crippen molar-refractivity contribution in [2.45, 2.75) is 39.0 Å². The molecule has 0 spiro atoms. The van der Waals surface area contributed by atoms with Crippen LogP contribution in [0.2, 0.25) is 0 Å². The first-order valence-corrected chi connectivity index (χ1v) is 15.7. The minimum Gasteiger partial charge on any atom is -0.488 e. The van der Waals surface area contributed by atoms with Crippen LogP contribution in [0, 0.1) is 0 Å². The van der Waals surface area contributed by atoms with Crippen molar-refractivity contribution in [3.63, 3.8) is 0 Å². The molecule has 1 aromatic heterocycles. The number of nitrogens with one attached hydrogen (secondary N) is 1. The summed E-state index contributed by atoms with van der Waals surface area (Å²) >= 11 is 0. The smallest absolute Gasteiger partial charge is 0.409 e. The predicted octanol–water partition coefficient (Wildman–Crippen LogP) is 4.74. The number of carbonyl (C=O) groups excluding carboxylic acids is 4. The molecular weight excluding hydrogens is 600 g/mol. The van der Waals surface area contributed by atoms with Crippen molar-refractivity contribution in [1.82, 2.24) is 20.1 Å². The Balaban J connectivity index is 1.31. The highest BCUT2D eigenvalue weighted by molar-refractivity contribution is 5.99. The van der Waals surface area contributed by atoms with Crippen LogP contribution in [0.15, 0.2) is 91.0 Å². The molecule has 244 valence electrons. The maximum absolute atomic E-state index is 13.8. The van der Waals surface area contributed by atoms with Crippen molar-refractivity contribution in [1.29, 1.82) is 0 Å². The molecular formula is C36H38N4O7. The van der Waals surface area contributed by atoms with Crippen LogP contribution in [0.3, 0.4) is 0 Å². The summed E-state index contributed by atoms with van der Waals surface area (Å²) in [6, 6.07) is 26.8. The molecule has 2 heterocycles. The highest BCUT2D eigenvalue weighted by atomic mass is 16.6. The molecule has 1 unspecified atom stereocenters. The first-order valence-electron chi connectivity index (χ1n) is 15.7. The van der Waals surface area contributed by atoms with E-state index < -0.39 is 24.0 Å². The van der Waals surface area contributed by atoms with E-state index in [0.717, 1.165) is 16.5 Å². The number of nitrogens with zero attached hydrogens (tertiary/aromatic N) is 3. The number of pyridine rings is 1. The van der Waals surface area contributed by atoms with Gasteiger partial charge in [0.15, 0.2) is 0 Å². The van der Waals surface area contributed by atoms with Gasteiger partial charge in [-0.25, -0.2) is 9.78 Å². The summed E-state index contributed by atoms with van der Waals surface area (Å²) in [5.41, 5.74) is 2.44. The third-order valence-corrected chi connectivity index (χ3v) is 7.75. The van der Waals surface area contributed by atoms with Gasteiger partial charge in [-0.3, -0.25) is 14.4 Å². The normalized spacial score (nSPS) is 13.5. The van der Waals surface area contributed by atoms with Gasteiger partial charge >= 0.3 is 12.1 Å². The van der Waals surface area contributed by atoms with Crippen LogP contribution < -0.4 is 10.1 Å². The zero-order chi connectivity index (χ0) is 33.0. The molecule has 47 heavy (non-hydrogen) atoms. The lowest BCUT2D eigenvalue weighted by Crippen LogP contribution is -2.56. The zero-order valence-corrected chi connectivity index (χ0v) is 26.3. The Kier molecular flexibility index (Phi) is 11.4. The lowest BCUT2D eigenvalue weighted by Gasteiger charge is -2.36. The Morgan fingerprint density at radius 3 is 2.09 bits per heavy atom. The molecule has 0 radical (unpaired) electrons. The van der Waals surface area contributed by atoms with E-state index in [-0.39, 0.29) is 50.7 Å². The summed E-state index contributed by atoms with van der Waals surface area (Å²) in [5.74, 6) is -0.957. The molecule has 11 nitrogen and oxygen atoms in total. The summed E-state index contributed by atoms with van der Waals surface area (Å²) < 4.78 is 16.6.